The van der Waals surface area contributed by atoms with E-state index in [2.05, 4.69) is 4.90 Å². The molecule has 0 saturated carbocycles. The quantitative estimate of drug-likeness (QED) is 0.829. The highest BCUT2D eigenvalue weighted by molar-refractivity contribution is 5.28. The van der Waals surface area contributed by atoms with Crippen molar-refractivity contribution in [2.45, 2.75) is 25.1 Å². The smallest absolute Gasteiger partial charge is 0.148 e. The Morgan fingerprint density at radius 1 is 1.38 bits per heavy atom. The molecule has 16 heavy (non-hydrogen) atoms. The third-order valence-corrected chi connectivity index (χ3v) is 3.34. The molecule has 1 unspecified atom stereocenters. The number of benzene rings is 1. The molecule has 0 aliphatic carbocycles. The number of hydrogen-bond acceptors (Lipinski definition) is 2. The SMILES string of the molecule is CN1CCCC(F)(c2ccc(CN)cc2)C1. The number of alkyl halides is 1. The predicted molar refractivity (Wildman–Crippen MR) is 63.9 cm³/mol. The molecule has 2 rings (SSSR count). The van der Waals surface area contributed by atoms with Gasteiger partial charge in [-0.2, -0.15) is 0 Å². The lowest BCUT2D eigenvalue weighted by Gasteiger charge is -2.35. The molecule has 3 heteroatoms. The second kappa shape index (κ2) is 4.52. The molecule has 1 fully saturated rings. The predicted octanol–water partition coefficient (Wildman–Crippen LogP) is 2.04. The molecule has 1 aromatic carbocycles. The third-order valence-electron chi connectivity index (χ3n) is 3.34. The lowest BCUT2D eigenvalue weighted by atomic mass is 9.87. The summed E-state index contributed by atoms with van der Waals surface area (Å²) in [5.41, 5.74) is 6.19. The van der Waals surface area contributed by atoms with Gasteiger partial charge in [0.2, 0.25) is 0 Å². The fourth-order valence-electron chi connectivity index (χ4n) is 2.39. The van der Waals surface area contributed by atoms with Gasteiger partial charge in [-0.1, -0.05) is 24.3 Å². The van der Waals surface area contributed by atoms with Gasteiger partial charge in [-0.3, -0.25) is 0 Å². The Labute approximate surface area is 96.2 Å². The van der Waals surface area contributed by atoms with Crippen LogP contribution in [-0.2, 0) is 12.2 Å². The largest absolute Gasteiger partial charge is 0.326 e. The van der Waals surface area contributed by atoms with Crippen molar-refractivity contribution in [1.29, 1.82) is 0 Å². The maximum absolute atomic E-state index is 14.7. The van der Waals surface area contributed by atoms with E-state index in [0.717, 1.165) is 24.1 Å². The molecule has 0 radical (unpaired) electrons. The van der Waals surface area contributed by atoms with Crippen LogP contribution in [0.25, 0.3) is 0 Å². The zero-order valence-electron chi connectivity index (χ0n) is 9.75. The van der Waals surface area contributed by atoms with Crippen molar-refractivity contribution in [1.82, 2.24) is 4.90 Å². The number of hydrogen-bond donors (Lipinski definition) is 1. The molecule has 2 nitrogen and oxygen atoms in total. The van der Waals surface area contributed by atoms with E-state index < -0.39 is 5.67 Å². The zero-order chi connectivity index (χ0) is 11.6. The van der Waals surface area contributed by atoms with Gasteiger partial charge in [0.05, 0.1) is 0 Å². The minimum Gasteiger partial charge on any atom is -0.326 e. The van der Waals surface area contributed by atoms with Crippen LogP contribution < -0.4 is 5.73 Å². The van der Waals surface area contributed by atoms with E-state index in [-0.39, 0.29) is 0 Å². The second-order valence-electron chi connectivity index (χ2n) is 4.71. The van der Waals surface area contributed by atoms with Gasteiger partial charge >= 0.3 is 0 Å². The van der Waals surface area contributed by atoms with Crippen LogP contribution in [-0.4, -0.2) is 25.0 Å². The van der Waals surface area contributed by atoms with E-state index in [9.17, 15) is 4.39 Å². The van der Waals surface area contributed by atoms with Crippen molar-refractivity contribution < 1.29 is 4.39 Å². The fourth-order valence-corrected chi connectivity index (χ4v) is 2.39. The summed E-state index contributed by atoms with van der Waals surface area (Å²) < 4.78 is 14.7. The van der Waals surface area contributed by atoms with Crippen LogP contribution in [0.2, 0.25) is 0 Å². The van der Waals surface area contributed by atoms with E-state index in [1.54, 1.807) is 0 Å². The topological polar surface area (TPSA) is 29.3 Å². The number of halogens is 1. The minimum atomic E-state index is -1.18. The zero-order valence-corrected chi connectivity index (χ0v) is 9.75. The van der Waals surface area contributed by atoms with Gasteiger partial charge in [-0.05, 0) is 37.6 Å². The van der Waals surface area contributed by atoms with Gasteiger partial charge in [0.1, 0.15) is 5.67 Å². The van der Waals surface area contributed by atoms with Crippen LogP contribution in [0, 0.1) is 0 Å². The van der Waals surface area contributed by atoms with Gasteiger partial charge in [0, 0.05) is 13.1 Å². The summed E-state index contributed by atoms with van der Waals surface area (Å²) in [6.07, 6.45) is 1.55. The van der Waals surface area contributed by atoms with Crippen LogP contribution in [0.1, 0.15) is 24.0 Å². The van der Waals surface area contributed by atoms with Gasteiger partial charge in [0.15, 0.2) is 0 Å². The fraction of sp³-hybridized carbons (Fsp3) is 0.538. The van der Waals surface area contributed by atoms with E-state index in [0.29, 0.717) is 19.5 Å². The first kappa shape index (κ1) is 11.6. The Morgan fingerprint density at radius 2 is 2.06 bits per heavy atom. The summed E-state index contributed by atoms with van der Waals surface area (Å²) in [7, 11) is 1.97. The molecule has 0 aromatic heterocycles. The minimum absolute atomic E-state index is 0.495. The van der Waals surface area contributed by atoms with Crippen molar-refractivity contribution in [3.8, 4) is 0 Å². The van der Waals surface area contributed by atoms with Crippen molar-refractivity contribution in [3.63, 3.8) is 0 Å². The van der Waals surface area contributed by atoms with Gasteiger partial charge < -0.3 is 10.6 Å². The Hall–Kier alpha value is -0.930. The van der Waals surface area contributed by atoms with Crippen LogP contribution in [0.4, 0.5) is 4.39 Å². The highest BCUT2D eigenvalue weighted by atomic mass is 19.1. The number of nitrogens with zero attached hydrogens (tertiary/aromatic N) is 1. The molecule has 1 aliphatic rings. The van der Waals surface area contributed by atoms with Gasteiger partial charge in [0.25, 0.3) is 0 Å². The van der Waals surface area contributed by atoms with E-state index in [1.807, 2.05) is 31.3 Å². The summed E-state index contributed by atoms with van der Waals surface area (Å²) in [6.45, 7) is 2.00. The van der Waals surface area contributed by atoms with Crippen molar-refractivity contribution in [2.75, 3.05) is 20.1 Å². The van der Waals surface area contributed by atoms with E-state index in [4.69, 9.17) is 5.73 Å². The molecular formula is C13H19FN2. The lowest BCUT2D eigenvalue weighted by Crippen LogP contribution is -2.41. The Kier molecular flexibility index (Phi) is 3.26. The van der Waals surface area contributed by atoms with Crippen molar-refractivity contribution in [2.24, 2.45) is 5.73 Å². The first-order chi connectivity index (χ1) is 7.64. The van der Waals surface area contributed by atoms with Crippen LogP contribution in [0.3, 0.4) is 0 Å². The first-order valence-electron chi connectivity index (χ1n) is 5.81. The molecule has 1 saturated heterocycles. The molecule has 88 valence electrons. The van der Waals surface area contributed by atoms with Crippen LogP contribution in [0.5, 0.6) is 0 Å². The maximum Gasteiger partial charge on any atom is 0.148 e. The van der Waals surface area contributed by atoms with E-state index in [1.165, 1.54) is 0 Å². The summed E-state index contributed by atoms with van der Waals surface area (Å²) in [5.74, 6) is 0. The summed E-state index contributed by atoms with van der Waals surface area (Å²) in [6, 6.07) is 7.60. The molecule has 1 aliphatic heterocycles. The normalized spacial score (nSPS) is 26.9. The molecule has 2 N–H and O–H groups in total. The second-order valence-corrected chi connectivity index (χ2v) is 4.71. The molecule has 1 atom stereocenters. The maximum atomic E-state index is 14.7. The average Bonchev–Trinajstić information content (AvgIpc) is 2.29. The number of piperidine rings is 1. The average molecular weight is 222 g/mol. The third kappa shape index (κ3) is 2.25. The molecule has 0 amide bonds. The molecule has 0 bridgehead atoms. The summed E-state index contributed by atoms with van der Waals surface area (Å²) in [4.78, 5) is 2.06. The number of rotatable bonds is 2. The highest BCUT2D eigenvalue weighted by Crippen LogP contribution is 2.35. The van der Waals surface area contributed by atoms with E-state index >= 15 is 0 Å². The number of nitrogens with two attached hydrogens (primary N) is 1. The Morgan fingerprint density at radius 3 is 2.62 bits per heavy atom. The summed E-state index contributed by atoms with van der Waals surface area (Å²) >= 11 is 0. The number of likely N-dealkylation sites (N-methyl/N-ethyl adjacent to an activating group) is 1. The number of likely N-dealkylation sites (tertiary alicyclic amines) is 1. The standard InChI is InChI=1S/C13H19FN2/c1-16-8-2-7-13(14,10-16)12-5-3-11(9-15)4-6-12/h3-6H,2,7-10,15H2,1H3. The molecule has 0 spiro atoms. The molecule has 1 heterocycles. The first-order valence-corrected chi connectivity index (χ1v) is 5.81. The van der Waals surface area contributed by atoms with Crippen molar-refractivity contribution in [3.05, 3.63) is 35.4 Å². The lowest BCUT2D eigenvalue weighted by molar-refractivity contribution is 0.0563. The van der Waals surface area contributed by atoms with Crippen LogP contribution in [0.15, 0.2) is 24.3 Å². The Balaban J connectivity index is 2.20. The van der Waals surface area contributed by atoms with Crippen LogP contribution >= 0.6 is 0 Å². The molecular weight excluding hydrogens is 203 g/mol. The Bertz CT molecular complexity index is 349. The van der Waals surface area contributed by atoms with Gasteiger partial charge in [-0.15, -0.1) is 0 Å². The van der Waals surface area contributed by atoms with Gasteiger partial charge in [-0.25, -0.2) is 4.39 Å². The van der Waals surface area contributed by atoms with Crippen molar-refractivity contribution >= 4 is 0 Å². The summed E-state index contributed by atoms with van der Waals surface area (Å²) in [5, 5.41) is 0. The molecule has 1 aromatic rings. The highest BCUT2D eigenvalue weighted by Gasteiger charge is 2.35. The monoisotopic (exact) mass is 222 g/mol.